The minimum Gasteiger partial charge on any atom is -0.398 e. The summed E-state index contributed by atoms with van der Waals surface area (Å²) in [5, 5.41) is 3.74. The molecular weight excluding hydrogens is 256 g/mol. The largest absolute Gasteiger partial charge is 0.398 e. The van der Waals surface area contributed by atoms with Crippen LogP contribution >= 0.6 is 0 Å². The number of nitrogen functional groups attached to an aromatic ring is 1. The molecule has 0 aliphatic carbocycles. The summed E-state index contributed by atoms with van der Waals surface area (Å²) in [5.74, 6) is -1.68. The van der Waals surface area contributed by atoms with Gasteiger partial charge in [0.15, 0.2) is 11.6 Å². The number of methoxy groups -OCH3 is 1. The van der Waals surface area contributed by atoms with E-state index in [1.165, 1.54) is 7.11 Å². The molecule has 0 aliphatic rings. The third-order valence-corrected chi connectivity index (χ3v) is 2.71. The van der Waals surface area contributed by atoms with Crippen molar-refractivity contribution in [2.45, 2.75) is 19.4 Å². The lowest BCUT2D eigenvalue weighted by Crippen LogP contribution is -2.02. The molecule has 0 fully saturated rings. The summed E-state index contributed by atoms with van der Waals surface area (Å²) in [4.78, 5) is 4.08. The summed E-state index contributed by atoms with van der Waals surface area (Å²) >= 11 is 0. The van der Waals surface area contributed by atoms with Crippen LogP contribution in [-0.2, 0) is 4.74 Å². The van der Waals surface area contributed by atoms with Gasteiger partial charge in [-0.05, 0) is 12.5 Å². The number of anilines is 1. The number of nitrogens with two attached hydrogens (primary N) is 1. The molecular formula is C12H13F2N3O2. The van der Waals surface area contributed by atoms with Crippen molar-refractivity contribution in [1.82, 2.24) is 10.1 Å². The van der Waals surface area contributed by atoms with Crippen molar-refractivity contribution in [3.63, 3.8) is 0 Å². The lowest BCUT2D eigenvalue weighted by molar-refractivity contribution is 0.0903. The predicted molar refractivity (Wildman–Crippen MR) is 64.1 cm³/mol. The molecule has 2 rings (SSSR count). The topological polar surface area (TPSA) is 74.2 Å². The first-order valence-electron chi connectivity index (χ1n) is 5.68. The Balaban J connectivity index is 2.40. The van der Waals surface area contributed by atoms with Crippen LogP contribution in [0.1, 0.15) is 25.3 Å². The van der Waals surface area contributed by atoms with Crippen molar-refractivity contribution in [2.24, 2.45) is 0 Å². The molecule has 102 valence electrons. The zero-order chi connectivity index (χ0) is 14.0. The molecule has 1 heterocycles. The second-order valence-corrected chi connectivity index (χ2v) is 3.94. The van der Waals surface area contributed by atoms with Gasteiger partial charge >= 0.3 is 0 Å². The molecule has 5 nitrogen and oxygen atoms in total. The van der Waals surface area contributed by atoms with Crippen molar-refractivity contribution in [2.75, 3.05) is 12.8 Å². The van der Waals surface area contributed by atoms with E-state index in [9.17, 15) is 8.78 Å². The number of nitrogens with zero attached hydrogens (tertiary/aromatic N) is 2. The lowest BCUT2D eigenvalue weighted by Gasteiger charge is -2.06. The Hall–Kier alpha value is -2.02. The van der Waals surface area contributed by atoms with E-state index in [0.29, 0.717) is 12.2 Å². The number of ether oxygens (including phenoxy) is 1. The van der Waals surface area contributed by atoms with Crippen LogP contribution in [0.4, 0.5) is 14.5 Å². The molecule has 0 saturated carbocycles. The van der Waals surface area contributed by atoms with Crippen LogP contribution in [0.2, 0.25) is 0 Å². The van der Waals surface area contributed by atoms with Gasteiger partial charge in [0.1, 0.15) is 6.10 Å². The Bertz CT molecular complexity index is 582. The van der Waals surface area contributed by atoms with Crippen LogP contribution in [-0.4, -0.2) is 17.3 Å². The minimum absolute atomic E-state index is 0.0274. The fourth-order valence-electron chi connectivity index (χ4n) is 1.68. The van der Waals surface area contributed by atoms with Crippen molar-refractivity contribution < 1.29 is 18.0 Å². The summed E-state index contributed by atoms with van der Waals surface area (Å²) in [6, 6.07) is 1.80. The van der Waals surface area contributed by atoms with E-state index >= 15 is 0 Å². The standard InChI is InChI=1S/C12H13F2N3O2/c1-3-10(18-2)11-16-12(19-17-11)6-4-7(13)8(14)5-9(6)15/h4-5,10H,3,15H2,1-2H3. The van der Waals surface area contributed by atoms with Crippen LogP contribution in [0, 0.1) is 11.6 Å². The Kier molecular flexibility index (Phi) is 3.75. The third kappa shape index (κ3) is 2.55. The summed E-state index contributed by atoms with van der Waals surface area (Å²) in [7, 11) is 1.52. The van der Waals surface area contributed by atoms with Crippen molar-refractivity contribution >= 4 is 5.69 Å². The van der Waals surface area contributed by atoms with Crippen molar-refractivity contribution in [3.8, 4) is 11.5 Å². The number of aromatic nitrogens is 2. The number of benzene rings is 1. The molecule has 1 aromatic carbocycles. The first-order valence-corrected chi connectivity index (χ1v) is 5.68. The maximum atomic E-state index is 13.2. The molecule has 2 aromatic rings. The van der Waals surface area contributed by atoms with Crippen LogP contribution in [0.25, 0.3) is 11.5 Å². The Labute approximate surface area is 108 Å². The Morgan fingerprint density at radius 2 is 2.05 bits per heavy atom. The highest BCUT2D eigenvalue weighted by molar-refractivity contribution is 5.70. The molecule has 1 aromatic heterocycles. The summed E-state index contributed by atoms with van der Waals surface area (Å²) in [6.07, 6.45) is 0.340. The molecule has 2 N–H and O–H groups in total. The van der Waals surface area contributed by atoms with Crippen LogP contribution in [0.5, 0.6) is 0 Å². The molecule has 0 amide bonds. The van der Waals surface area contributed by atoms with Gasteiger partial charge < -0.3 is 15.0 Å². The van der Waals surface area contributed by atoms with Gasteiger partial charge in [-0.3, -0.25) is 0 Å². The summed E-state index contributed by atoms with van der Waals surface area (Å²) < 4.78 is 36.3. The molecule has 0 spiro atoms. The SMILES string of the molecule is CCC(OC)c1noc(-c2cc(F)c(F)cc2N)n1. The smallest absolute Gasteiger partial charge is 0.260 e. The fraction of sp³-hybridized carbons (Fsp3) is 0.333. The average Bonchev–Trinajstić information content (AvgIpc) is 2.85. The van der Waals surface area contributed by atoms with Gasteiger partial charge in [-0.25, -0.2) is 8.78 Å². The third-order valence-electron chi connectivity index (χ3n) is 2.71. The lowest BCUT2D eigenvalue weighted by atomic mass is 10.1. The van der Waals surface area contributed by atoms with Crippen LogP contribution in [0.3, 0.4) is 0 Å². The van der Waals surface area contributed by atoms with Gasteiger partial charge in [-0.2, -0.15) is 4.98 Å². The number of hydrogen-bond donors (Lipinski definition) is 1. The minimum atomic E-state index is -1.03. The molecule has 0 saturated heterocycles. The fourth-order valence-corrected chi connectivity index (χ4v) is 1.68. The van der Waals surface area contributed by atoms with Gasteiger partial charge in [0.25, 0.3) is 5.89 Å². The number of halogens is 2. The number of hydrogen-bond acceptors (Lipinski definition) is 5. The van der Waals surface area contributed by atoms with Gasteiger partial charge in [0.05, 0.1) is 5.56 Å². The molecule has 0 aliphatic heterocycles. The zero-order valence-corrected chi connectivity index (χ0v) is 10.5. The van der Waals surface area contributed by atoms with E-state index < -0.39 is 11.6 Å². The first kappa shape index (κ1) is 13.4. The first-order chi connectivity index (χ1) is 9.06. The second-order valence-electron chi connectivity index (χ2n) is 3.94. The van der Waals surface area contributed by atoms with E-state index in [-0.39, 0.29) is 23.2 Å². The zero-order valence-electron chi connectivity index (χ0n) is 10.5. The molecule has 7 heteroatoms. The average molecular weight is 269 g/mol. The Morgan fingerprint density at radius 1 is 1.37 bits per heavy atom. The molecule has 1 unspecified atom stereocenters. The molecule has 0 radical (unpaired) electrons. The van der Waals surface area contributed by atoms with E-state index in [2.05, 4.69) is 10.1 Å². The maximum absolute atomic E-state index is 13.2. The normalized spacial score (nSPS) is 12.6. The van der Waals surface area contributed by atoms with E-state index in [4.69, 9.17) is 15.0 Å². The van der Waals surface area contributed by atoms with Gasteiger partial charge in [-0.1, -0.05) is 12.1 Å². The van der Waals surface area contributed by atoms with E-state index in [1.807, 2.05) is 6.92 Å². The second kappa shape index (κ2) is 5.31. The highest BCUT2D eigenvalue weighted by Gasteiger charge is 2.19. The predicted octanol–water partition coefficient (Wildman–Crippen LogP) is 2.69. The van der Waals surface area contributed by atoms with Crippen LogP contribution < -0.4 is 5.73 Å². The molecule has 1 atom stereocenters. The van der Waals surface area contributed by atoms with Crippen molar-refractivity contribution in [1.29, 1.82) is 0 Å². The van der Waals surface area contributed by atoms with Gasteiger partial charge in [0, 0.05) is 18.9 Å². The molecule has 0 bridgehead atoms. The van der Waals surface area contributed by atoms with Gasteiger partial charge in [-0.15, -0.1) is 0 Å². The van der Waals surface area contributed by atoms with Gasteiger partial charge in [0.2, 0.25) is 5.82 Å². The van der Waals surface area contributed by atoms with Crippen molar-refractivity contribution in [3.05, 3.63) is 29.6 Å². The number of rotatable bonds is 4. The Morgan fingerprint density at radius 3 is 2.68 bits per heavy atom. The summed E-state index contributed by atoms with van der Waals surface area (Å²) in [5.41, 5.74) is 5.79. The molecule has 19 heavy (non-hydrogen) atoms. The highest BCUT2D eigenvalue weighted by atomic mass is 19.2. The van der Waals surface area contributed by atoms with Crippen LogP contribution in [0.15, 0.2) is 16.7 Å². The monoisotopic (exact) mass is 269 g/mol. The highest BCUT2D eigenvalue weighted by Crippen LogP contribution is 2.28. The van der Waals surface area contributed by atoms with E-state index in [0.717, 1.165) is 12.1 Å². The summed E-state index contributed by atoms with van der Waals surface area (Å²) in [6.45, 7) is 1.90. The maximum Gasteiger partial charge on any atom is 0.260 e. The quantitative estimate of drug-likeness (QED) is 0.864. The van der Waals surface area contributed by atoms with E-state index in [1.54, 1.807) is 0 Å².